The zero-order chi connectivity index (χ0) is 19.5. The smallest absolute Gasteiger partial charge is 0.241 e. The summed E-state index contributed by atoms with van der Waals surface area (Å²) in [4.78, 5) is 15.1. The molecular weight excluding hydrogens is 376 g/mol. The minimum absolute atomic E-state index is 0.120. The molecule has 4 rings (SSSR count). The summed E-state index contributed by atoms with van der Waals surface area (Å²) in [7, 11) is 1.72. The minimum Gasteiger partial charge on any atom is -0.385 e. The normalized spacial score (nSPS) is 19.9. The molecule has 2 aliphatic rings. The highest BCUT2D eigenvalue weighted by Crippen LogP contribution is 2.31. The van der Waals surface area contributed by atoms with Crippen LogP contribution in [-0.4, -0.2) is 60.8 Å². The number of hydrogen-bond donors (Lipinski definition) is 2. The minimum atomic E-state index is -0.120. The van der Waals surface area contributed by atoms with E-state index in [1.807, 2.05) is 6.20 Å². The second kappa shape index (κ2) is 8.82. The van der Waals surface area contributed by atoms with E-state index in [9.17, 15) is 4.79 Å². The van der Waals surface area contributed by atoms with Gasteiger partial charge in [0.15, 0.2) is 0 Å². The molecule has 2 N–H and O–H groups in total. The summed E-state index contributed by atoms with van der Waals surface area (Å²) in [5.41, 5.74) is 2.28. The molecule has 0 bridgehead atoms. The van der Waals surface area contributed by atoms with Crippen LogP contribution in [0.25, 0.3) is 10.9 Å². The molecule has 1 amide bonds. The molecule has 1 aromatic carbocycles. The van der Waals surface area contributed by atoms with E-state index in [-0.39, 0.29) is 11.9 Å². The number of amides is 1. The van der Waals surface area contributed by atoms with Gasteiger partial charge in [0.1, 0.15) is 0 Å². The predicted octanol–water partition coefficient (Wildman–Crippen LogP) is 2.38. The molecule has 6 nitrogen and oxygen atoms in total. The number of carbonyl (C=O) groups is 1. The Hall–Kier alpha value is -1.60. The predicted molar refractivity (Wildman–Crippen MR) is 112 cm³/mol. The molecule has 0 spiro atoms. The molecule has 2 aromatic rings. The van der Waals surface area contributed by atoms with Crippen molar-refractivity contribution in [3.63, 3.8) is 0 Å². The third kappa shape index (κ3) is 4.35. The first kappa shape index (κ1) is 19.7. The number of aryl methyl sites for hydroxylation is 1. The van der Waals surface area contributed by atoms with E-state index in [4.69, 9.17) is 16.3 Å². The zero-order valence-electron chi connectivity index (χ0n) is 16.4. The van der Waals surface area contributed by atoms with Crippen LogP contribution in [-0.2, 0) is 22.6 Å². The van der Waals surface area contributed by atoms with Crippen molar-refractivity contribution in [3.8, 4) is 0 Å². The highest BCUT2D eigenvalue weighted by atomic mass is 35.5. The summed E-state index contributed by atoms with van der Waals surface area (Å²) in [6.45, 7) is 4.71. The lowest BCUT2D eigenvalue weighted by molar-refractivity contribution is -0.134. The van der Waals surface area contributed by atoms with Crippen LogP contribution in [0.5, 0.6) is 0 Å². The number of ether oxygens (including phenoxy) is 1. The van der Waals surface area contributed by atoms with Crippen molar-refractivity contribution in [2.45, 2.75) is 44.4 Å². The SMILES string of the molecule is COCCCn1cc(Cl)c2ccc(CN(C(=O)[C@H]3CNCCN3)C3CC3)cc21. The van der Waals surface area contributed by atoms with Crippen molar-refractivity contribution in [3.05, 3.63) is 35.0 Å². The number of rotatable bonds is 8. The Morgan fingerprint density at radius 2 is 2.21 bits per heavy atom. The molecule has 1 aliphatic heterocycles. The lowest BCUT2D eigenvalue weighted by atomic mass is 10.1. The molecule has 7 heteroatoms. The molecule has 2 heterocycles. The van der Waals surface area contributed by atoms with Crippen LogP contribution in [0.1, 0.15) is 24.8 Å². The molecule has 1 aliphatic carbocycles. The van der Waals surface area contributed by atoms with Crippen molar-refractivity contribution in [1.29, 1.82) is 0 Å². The van der Waals surface area contributed by atoms with Crippen molar-refractivity contribution < 1.29 is 9.53 Å². The van der Waals surface area contributed by atoms with Gasteiger partial charge >= 0.3 is 0 Å². The Morgan fingerprint density at radius 1 is 1.36 bits per heavy atom. The monoisotopic (exact) mass is 404 g/mol. The van der Waals surface area contributed by atoms with Crippen LogP contribution in [0.2, 0.25) is 5.02 Å². The lowest BCUT2D eigenvalue weighted by Crippen LogP contribution is -2.56. The van der Waals surface area contributed by atoms with Gasteiger partial charge in [-0.15, -0.1) is 0 Å². The summed E-state index contributed by atoms with van der Waals surface area (Å²) in [6.07, 6.45) is 5.14. The standard InChI is InChI=1S/C21H29ClN4O2/c1-28-10-2-9-25-14-18(22)17-6-3-15(11-20(17)25)13-26(16-4-5-16)21(27)19-12-23-7-8-24-19/h3,6,11,14,16,19,23-24H,2,4-5,7-10,12-13H2,1H3/t19-/m1/s1. The van der Waals surface area contributed by atoms with E-state index in [2.05, 4.69) is 38.3 Å². The number of hydrogen-bond acceptors (Lipinski definition) is 4. The van der Waals surface area contributed by atoms with E-state index >= 15 is 0 Å². The van der Waals surface area contributed by atoms with Crippen LogP contribution in [0.15, 0.2) is 24.4 Å². The molecule has 1 aromatic heterocycles. The molecule has 28 heavy (non-hydrogen) atoms. The van der Waals surface area contributed by atoms with E-state index < -0.39 is 0 Å². The quantitative estimate of drug-likeness (QED) is 0.663. The van der Waals surface area contributed by atoms with Crippen LogP contribution in [0, 0.1) is 0 Å². The fraction of sp³-hybridized carbons (Fsp3) is 0.571. The Morgan fingerprint density at radius 3 is 2.93 bits per heavy atom. The van der Waals surface area contributed by atoms with Crippen molar-refractivity contribution >= 4 is 28.4 Å². The molecule has 1 saturated heterocycles. The van der Waals surface area contributed by atoms with E-state index in [1.165, 1.54) is 0 Å². The van der Waals surface area contributed by atoms with Crippen LogP contribution < -0.4 is 10.6 Å². The molecule has 152 valence electrons. The van der Waals surface area contributed by atoms with Crippen molar-refractivity contribution in [2.24, 2.45) is 0 Å². The third-order valence-electron chi connectivity index (χ3n) is 5.61. The number of nitrogens with zero attached hydrogens (tertiary/aromatic N) is 2. The third-order valence-corrected chi connectivity index (χ3v) is 5.91. The average Bonchev–Trinajstić information content (AvgIpc) is 3.52. The van der Waals surface area contributed by atoms with Gasteiger partial charge in [0, 0.05) is 69.6 Å². The van der Waals surface area contributed by atoms with E-state index in [0.29, 0.717) is 19.1 Å². The van der Waals surface area contributed by atoms with Gasteiger partial charge in [-0.3, -0.25) is 4.79 Å². The number of aromatic nitrogens is 1. The Balaban J connectivity index is 1.53. The van der Waals surface area contributed by atoms with Crippen molar-refractivity contribution in [1.82, 2.24) is 20.1 Å². The first-order valence-electron chi connectivity index (χ1n) is 10.2. The highest BCUT2D eigenvalue weighted by Gasteiger charge is 2.36. The summed E-state index contributed by atoms with van der Waals surface area (Å²) >= 11 is 6.43. The summed E-state index contributed by atoms with van der Waals surface area (Å²) < 4.78 is 7.37. The van der Waals surface area contributed by atoms with Gasteiger partial charge in [-0.25, -0.2) is 0 Å². The molecule has 1 saturated carbocycles. The van der Waals surface area contributed by atoms with Crippen molar-refractivity contribution in [2.75, 3.05) is 33.4 Å². The van der Waals surface area contributed by atoms with Crippen LogP contribution >= 0.6 is 11.6 Å². The van der Waals surface area contributed by atoms with Gasteiger partial charge in [0.05, 0.1) is 11.1 Å². The largest absolute Gasteiger partial charge is 0.385 e. The van der Waals surface area contributed by atoms with Gasteiger partial charge in [-0.2, -0.15) is 0 Å². The van der Waals surface area contributed by atoms with E-state index in [0.717, 1.165) is 67.0 Å². The molecule has 2 fully saturated rings. The van der Waals surface area contributed by atoms with E-state index in [1.54, 1.807) is 7.11 Å². The van der Waals surface area contributed by atoms with Gasteiger partial charge in [0.2, 0.25) is 5.91 Å². The number of piperazine rings is 1. The average molecular weight is 405 g/mol. The number of halogens is 1. The molecule has 0 radical (unpaired) electrons. The second-order valence-corrected chi connectivity index (χ2v) is 8.18. The van der Waals surface area contributed by atoms with Crippen LogP contribution in [0.3, 0.4) is 0 Å². The number of methoxy groups -OCH3 is 1. The van der Waals surface area contributed by atoms with Crippen LogP contribution in [0.4, 0.5) is 0 Å². The first-order chi connectivity index (χ1) is 13.7. The Labute approximate surface area is 171 Å². The summed E-state index contributed by atoms with van der Waals surface area (Å²) in [6, 6.07) is 6.62. The van der Waals surface area contributed by atoms with Gasteiger partial charge in [-0.05, 0) is 30.9 Å². The summed E-state index contributed by atoms with van der Waals surface area (Å²) in [5, 5.41) is 8.50. The van der Waals surface area contributed by atoms with Gasteiger partial charge < -0.3 is 24.8 Å². The fourth-order valence-corrected chi connectivity index (χ4v) is 4.23. The second-order valence-electron chi connectivity index (χ2n) is 7.78. The number of nitrogens with one attached hydrogen (secondary N) is 2. The maximum Gasteiger partial charge on any atom is 0.241 e. The number of benzene rings is 1. The maximum atomic E-state index is 13.1. The Kier molecular flexibility index (Phi) is 6.21. The first-order valence-corrected chi connectivity index (χ1v) is 10.6. The fourth-order valence-electron chi connectivity index (χ4n) is 3.95. The van der Waals surface area contributed by atoms with Gasteiger partial charge in [-0.1, -0.05) is 23.7 Å². The topological polar surface area (TPSA) is 58.5 Å². The molecular formula is C21H29ClN4O2. The summed E-state index contributed by atoms with van der Waals surface area (Å²) in [5.74, 6) is 0.211. The maximum absolute atomic E-state index is 13.1. The van der Waals surface area contributed by atoms with Gasteiger partial charge in [0.25, 0.3) is 0 Å². The number of fused-ring (bicyclic) bond motifs is 1. The molecule has 0 unspecified atom stereocenters. The zero-order valence-corrected chi connectivity index (χ0v) is 17.2. The highest BCUT2D eigenvalue weighted by molar-refractivity contribution is 6.35. The Bertz CT molecular complexity index is 827. The molecule has 1 atom stereocenters. The lowest BCUT2D eigenvalue weighted by Gasteiger charge is -2.30. The number of carbonyl (C=O) groups excluding carboxylic acids is 1.